The van der Waals surface area contributed by atoms with E-state index in [4.69, 9.17) is 21.1 Å². The van der Waals surface area contributed by atoms with Gasteiger partial charge in [-0.15, -0.1) is 0 Å². The normalized spacial score (nSPS) is 23.6. The molecule has 3 saturated carbocycles. The number of nitrogens with zero attached hydrogens (tertiary/aromatic N) is 2. The van der Waals surface area contributed by atoms with Crippen LogP contribution in [0.25, 0.3) is 0 Å². The summed E-state index contributed by atoms with van der Waals surface area (Å²) in [5.74, 6) is -0.733. The highest BCUT2D eigenvalue weighted by atomic mass is 35.5. The Morgan fingerprint density at radius 1 is 1.23 bits per heavy atom. The highest BCUT2D eigenvalue weighted by molar-refractivity contribution is 6.30. The van der Waals surface area contributed by atoms with Gasteiger partial charge in [0.25, 0.3) is 5.91 Å². The van der Waals surface area contributed by atoms with Gasteiger partial charge in [0.1, 0.15) is 11.6 Å². The van der Waals surface area contributed by atoms with Gasteiger partial charge < -0.3 is 20.1 Å². The van der Waals surface area contributed by atoms with Gasteiger partial charge in [0, 0.05) is 36.1 Å². The van der Waals surface area contributed by atoms with E-state index < -0.39 is 11.2 Å². The topological polar surface area (TPSA) is 102 Å². The van der Waals surface area contributed by atoms with Crippen LogP contribution in [0.1, 0.15) is 24.8 Å². The number of halogens is 2. The lowest BCUT2D eigenvalue weighted by atomic mass is 9.39. The summed E-state index contributed by atoms with van der Waals surface area (Å²) in [5.41, 5.74) is -0.0120. The minimum absolute atomic E-state index is 0.0104. The van der Waals surface area contributed by atoms with Crippen LogP contribution in [0.3, 0.4) is 0 Å². The van der Waals surface area contributed by atoms with Crippen molar-refractivity contribution in [1.82, 2.24) is 20.6 Å². The number of ether oxygens (including phenoxy) is 2. The van der Waals surface area contributed by atoms with E-state index in [1.165, 1.54) is 19.2 Å². The van der Waals surface area contributed by atoms with Gasteiger partial charge in [0.15, 0.2) is 6.61 Å². The number of hydrogen-bond acceptors (Lipinski definition) is 6. The lowest BCUT2D eigenvalue weighted by Crippen LogP contribution is -2.78. The first-order valence-electron chi connectivity index (χ1n) is 9.35. The molecule has 8 nitrogen and oxygen atoms in total. The number of carbonyl (C=O) groups excluding carboxylic acids is 2. The van der Waals surface area contributed by atoms with E-state index in [0.717, 1.165) is 11.6 Å². The van der Waals surface area contributed by atoms with E-state index >= 15 is 0 Å². The zero-order valence-corrected chi connectivity index (χ0v) is 17.0. The second-order valence-electron chi connectivity index (χ2n) is 7.76. The van der Waals surface area contributed by atoms with Crippen molar-refractivity contribution in [3.63, 3.8) is 0 Å². The highest BCUT2D eigenvalue weighted by Gasteiger charge is 2.72. The van der Waals surface area contributed by atoms with Gasteiger partial charge in [0.05, 0.1) is 17.5 Å². The lowest BCUT2D eigenvalue weighted by molar-refractivity contribution is -0.184. The number of rotatable bonds is 8. The molecule has 0 atom stereocenters. The van der Waals surface area contributed by atoms with Crippen molar-refractivity contribution in [2.75, 3.05) is 13.7 Å². The van der Waals surface area contributed by atoms with Gasteiger partial charge >= 0.3 is 6.01 Å². The molecule has 3 aliphatic rings. The quantitative estimate of drug-likeness (QED) is 0.659. The molecular formula is C20H20ClFN4O4. The fraction of sp³-hybridized carbons (Fsp3) is 0.400. The van der Waals surface area contributed by atoms with Crippen molar-refractivity contribution < 1.29 is 23.5 Å². The molecule has 0 saturated heterocycles. The van der Waals surface area contributed by atoms with Crippen LogP contribution in [0, 0.1) is 11.2 Å². The molecule has 0 unspecified atom stereocenters. The molecule has 2 N–H and O–H groups in total. The summed E-state index contributed by atoms with van der Waals surface area (Å²) in [6.07, 6.45) is 4.97. The van der Waals surface area contributed by atoms with Crippen LogP contribution >= 0.6 is 11.6 Å². The Kier molecular flexibility index (Phi) is 5.23. The fourth-order valence-corrected chi connectivity index (χ4v) is 4.24. The average molecular weight is 435 g/mol. The van der Waals surface area contributed by atoms with Crippen LogP contribution in [0.4, 0.5) is 4.39 Å². The van der Waals surface area contributed by atoms with E-state index in [2.05, 4.69) is 20.6 Å². The standard InChI is InChI=1S/C20H20ClFN4O4/c1-29-18-24-6-12(7-25-18)5-23-17(28)19-9-20(10-19,11-19)26-16(27)8-30-13-2-3-14(21)15(22)4-13/h2-4,6-7H,5,8-11H2,1H3,(H,23,28)(H,26,27). The minimum Gasteiger partial charge on any atom is -0.484 e. The first-order chi connectivity index (χ1) is 14.3. The molecule has 1 aromatic carbocycles. The number of benzene rings is 1. The van der Waals surface area contributed by atoms with Crippen molar-refractivity contribution >= 4 is 23.4 Å². The van der Waals surface area contributed by atoms with Crippen LogP contribution < -0.4 is 20.1 Å². The number of aromatic nitrogens is 2. The van der Waals surface area contributed by atoms with Gasteiger partial charge in [-0.25, -0.2) is 14.4 Å². The van der Waals surface area contributed by atoms with Gasteiger partial charge in [-0.05, 0) is 31.4 Å². The summed E-state index contributed by atoms with van der Waals surface area (Å²) < 4.78 is 23.6. The van der Waals surface area contributed by atoms with E-state index in [0.29, 0.717) is 25.8 Å². The molecule has 3 fully saturated rings. The average Bonchev–Trinajstić information content (AvgIpc) is 2.69. The maximum Gasteiger partial charge on any atom is 0.316 e. The van der Waals surface area contributed by atoms with Gasteiger partial charge in [-0.3, -0.25) is 9.59 Å². The van der Waals surface area contributed by atoms with E-state index in [-0.39, 0.29) is 40.7 Å². The molecule has 0 radical (unpaired) electrons. The van der Waals surface area contributed by atoms with Crippen LogP contribution in [-0.2, 0) is 16.1 Å². The van der Waals surface area contributed by atoms with Crippen LogP contribution in [0.15, 0.2) is 30.6 Å². The molecule has 1 heterocycles. The Balaban J connectivity index is 1.20. The Bertz CT molecular complexity index is 965. The van der Waals surface area contributed by atoms with E-state index in [1.807, 2.05) is 0 Å². The predicted molar refractivity (Wildman–Crippen MR) is 104 cm³/mol. The molecule has 10 heteroatoms. The maximum atomic E-state index is 13.4. The highest BCUT2D eigenvalue weighted by Crippen LogP contribution is 2.67. The fourth-order valence-electron chi connectivity index (χ4n) is 4.12. The maximum absolute atomic E-state index is 13.4. The third-order valence-corrected chi connectivity index (χ3v) is 5.80. The molecule has 5 rings (SSSR count). The number of nitrogens with one attached hydrogen (secondary N) is 2. The summed E-state index contributed by atoms with van der Waals surface area (Å²) in [6.45, 7) is 0.0922. The smallest absolute Gasteiger partial charge is 0.316 e. The summed E-state index contributed by atoms with van der Waals surface area (Å²) in [5, 5.41) is 5.81. The molecule has 0 aliphatic heterocycles. The summed E-state index contributed by atoms with van der Waals surface area (Å²) >= 11 is 5.62. The second kappa shape index (κ2) is 7.71. The number of hydrogen-bond donors (Lipinski definition) is 2. The lowest BCUT2D eigenvalue weighted by Gasteiger charge is -2.69. The molecule has 2 aromatic rings. The third kappa shape index (κ3) is 3.89. The van der Waals surface area contributed by atoms with Crippen molar-refractivity contribution in [2.45, 2.75) is 31.3 Å². The monoisotopic (exact) mass is 434 g/mol. The largest absolute Gasteiger partial charge is 0.484 e. The van der Waals surface area contributed by atoms with Crippen molar-refractivity contribution in [3.8, 4) is 11.8 Å². The SMILES string of the molecule is COc1ncc(CNC(=O)C23CC(NC(=O)COc4ccc(Cl)c(F)c4)(C2)C3)cn1. The second-order valence-corrected chi connectivity index (χ2v) is 8.17. The Hall–Kier alpha value is -2.94. The van der Waals surface area contributed by atoms with Gasteiger partial charge in [0.2, 0.25) is 5.91 Å². The number of methoxy groups -OCH3 is 1. The molecular weight excluding hydrogens is 415 g/mol. The predicted octanol–water partition coefficient (Wildman–Crippen LogP) is 2.01. The molecule has 0 spiro atoms. The van der Waals surface area contributed by atoms with Crippen molar-refractivity contribution in [3.05, 3.63) is 47.0 Å². The van der Waals surface area contributed by atoms with Crippen LogP contribution in [0.5, 0.6) is 11.8 Å². The van der Waals surface area contributed by atoms with Crippen LogP contribution in [-0.4, -0.2) is 41.0 Å². The Labute approximate surface area is 177 Å². The molecule has 30 heavy (non-hydrogen) atoms. The van der Waals surface area contributed by atoms with Gasteiger partial charge in [-0.1, -0.05) is 11.6 Å². The minimum atomic E-state index is -0.608. The summed E-state index contributed by atoms with van der Waals surface area (Å²) in [4.78, 5) is 32.7. The zero-order valence-electron chi connectivity index (χ0n) is 16.2. The van der Waals surface area contributed by atoms with E-state index in [9.17, 15) is 14.0 Å². The number of amides is 2. The molecule has 1 aromatic heterocycles. The Morgan fingerprint density at radius 2 is 1.93 bits per heavy atom. The zero-order chi connectivity index (χ0) is 21.4. The first kappa shape index (κ1) is 20.3. The molecule has 2 amide bonds. The van der Waals surface area contributed by atoms with Crippen molar-refractivity contribution in [1.29, 1.82) is 0 Å². The summed E-state index contributed by atoms with van der Waals surface area (Å²) in [7, 11) is 1.48. The van der Waals surface area contributed by atoms with Crippen molar-refractivity contribution in [2.24, 2.45) is 5.41 Å². The molecule has 158 valence electrons. The Morgan fingerprint density at radius 3 is 2.57 bits per heavy atom. The van der Waals surface area contributed by atoms with E-state index in [1.54, 1.807) is 12.4 Å². The number of carbonyl (C=O) groups is 2. The van der Waals surface area contributed by atoms with Crippen LogP contribution in [0.2, 0.25) is 5.02 Å². The molecule has 2 bridgehead atoms. The van der Waals surface area contributed by atoms with Gasteiger partial charge in [-0.2, -0.15) is 0 Å². The summed E-state index contributed by atoms with van der Waals surface area (Å²) in [6, 6.07) is 4.26. The first-order valence-corrected chi connectivity index (χ1v) is 9.73. The third-order valence-electron chi connectivity index (χ3n) is 5.49. The molecule has 3 aliphatic carbocycles.